The number of nitrogens with one attached hydrogen (secondary N) is 1. The molecule has 1 heterocycles. The first-order valence-corrected chi connectivity index (χ1v) is 8.01. The molecule has 0 spiro atoms. The number of hydrogen-bond donors (Lipinski definition) is 1. The lowest BCUT2D eigenvalue weighted by molar-refractivity contribution is -0.129. The maximum absolute atomic E-state index is 12.1. The van der Waals surface area contributed by atoms with Gasteiger partial charge in [0, 0.05) is 12.7 Å². The van der Waals surface area contributed by atoms with E-state index in [2.05, 4.69) is 10.3 Å². The Kier molecular flexibility index (Phi) is 6.32. The molecule has 126 valence electrons. The van der Waals surface area contributed by atoms with Gasteiger partial charge in [0.2, 0.25) is 0 Å². The molecule has 0 radical (unpaired) electrons. The zero-order chi connectivity index (χ0) is 17.5. The highest BCUT2D eigenvalue weighted by Gasteiger charge is 2.21. The summed E-state index contributed by atoms with van der Waals surface area (Å²) in [5.74, 6) is -0.871. The summed E-state index contributed by atoms with van der Waals surface area (Å²) in [6.45, 7) is 3.99. The molecule has 2 rings (SSSR count). The van der Waals surface area contributed by atoms with Gasteiger partial charge in [-0.2, -0.15) is 0 Å². The number of pyridine rings is 1. The molecule has 1 aromatic carbocycles. The molecule has 0 aliphatic heterocycles. The topological polar surface area (TPSA) is 68.3 Å². The van der Waals surface area contributed by atoms with Crippen LogP contribution in [0.5, 0.6) is 0 Å². The van der Waals surface area contributed by atoms with E-state index in [1.54, 1.807) is 6.07 Å². The van der Waals surface area contributed by atoms with E-state index in [1.165, 1.54) is 19.2 Å². The van der Waals surface area contributed by atoms with E-state index in [4.69, 9.17) is 16.3 Å². The Bertz CT molecular complexity index is 706. The highest BCUT2D eigenvalue weighted by molar-refractivity contribution is 6.32. The Morgan fingerprint density at radius 3 is 2.54 bits per heavy atom. The number of rotatable bonds is 6. The van der Waals surface area contributed by atoms with Gasteiger partial charge >= 0.3 is 5.97 Å². The second kappa shape index (κ2) is 8.45. The monoisotopic (exact) mass is 346 g/mol. The molecule has 0 bridgehead atoms. The Morgan fingerprint density at radius 2 is 1.88 bits per heavy atom. The van der Waals surface area contributed by atoms with Crippen LogP contribution >= 0.6 is 11.6 Å². The third kappa shape index (κ3) is 4.80. The smallest absolute Gasteiger partial charge is 0.342 e. The number of aromatic nitrogens is 1. The molecular weight excluding hydrogens is 328 g/mol. The van der Waals surface area contributed by atoms with Crippen molar-refractivity contribution in [3.05, 3.63) is 64.9 Å². The van der Waals surface area contributed by atoms with Crippen LogP contribution in [0.3, 0.4) is 0 Å². The highest BCUT2D eigenvalue weighted by Crippen LogP contribution is 2.15. The fourth-order valence-corrected chi connectivity index (χ4v) is 2.31. The summed E-state index contributed by atoms with van der Waals surface area (Å²) >= 11 is 5.84. The van der Waals surface area contributed by atoms with Gasteiger partial charge in [-0.05, 0) is 30.5 Å². The Hall–Kier alpha value is -2.40. The van der Waals surface area contributed by atoms with E-state index in [0.717, 1.165) is 5.56 Å². The van der Waals surface area contributed by atoms with Crippen molar-refractivity contribution in [3.8, 4) is 0 Å². The second-order valence-corrected chi connectivity index (χ2v) is 5.80. The van der Waals surface area contributed by atoms with Crippen LogP contribution in [0.25, 0.3) is 0 Å². The lowest BCUT2D eigenvalue weighted by atomic mass is 10.0. The third-order valence-electron chi connectivity index (χ3n) is 3.58. The Balaban J connectivity index is 1.86. The quantitative estimate of drug-likeness (QED) is 0.644. The van der Waals surface area contributed by atoms with Crippen molar-refractivity contribution >= 4 is 23.5 Å². The molecule has 0 saturated heterocycles. The van der Waals surface area contributed by atoms with Gasteiger partial charge < -0.3 is 10.1 Å². The van der Waals surface area contributed by atoms with Crippen LogP contribution < -0.4 is 5.32 Å². The van der Waals surface area contributed by atoms with E-state index in [9.17, 15) is 9.59 Å². The second-order valence-electron chi connectivity index (χ2n) is 5.45. The van der Waals surface area contributed by atoms with E-state index in [1.807, 2.05) is 37.3 Å². The van der Waals surface area contributed by atoms with Crippen LogP contribution in [0.15, 0.2) is 48.7 Å². The maximum atomic E-state index is 12.1. The number of ether oxygens (including phenoxy) is 1. The fraction of sp³-hybridized carbons (Fsp3) is 0.278. The molecule has 2 aromatic rings. The summed E-state index contributed by atoms with van der Waals surface area (Å²) in [4.78, 5) is 27.9. The van der Waals surface area contributed by atoms with Crippen molar-refractivity contribution in [2.24, 2.45) is 0 Å². The number of benzene rings is 1. The van der Waals surface area contributed by atoms with Gasteiger partial charge in [-0.1, -0.05) is 48.9 Å². The van der Waals surface area contributed by atoms with E-state index in [0.29, 0.717) is 6.54 Å². The van der Waals surface area contributed by atoms with Gasteiger partial charge in [0.05, 0.1) is 5.56 Å². The first-order chi connectivity index (χ1) is 11.5. The van der Waals surface area contributed by atoms with Crippen molar-refractivity contribution in [1.82, 2.24) is 10.3 Å². The summed E-state index contributed by atoms with van der Waals surface area (Å²) in [6.07, 6.45) is 0.553. The number of halogens is 1. The van der Waals surface area contributed by atoms with Crippen LogP contribution in [0.4, 0.5) is 0 Å². The lowest BCUT2D eigenvalue weighted by Gasteiger charge is -2.16. The highest BCUT2D eigenvalue weighted by atomic mass is 35.5. The first-order valence-electron chi connectivity index (χ1n) is 7.63. The molecule has 0 aliphatic rings. The SMILES string of the molecule is C[C@H](OC(=O)c1cccnc1Cl)C(=O)NC[C@@H](C)c1ccccc1. The molecule has 2 atom stereocenters. The van der Waals surface area contributed by atoms with Gasteiger partial charge in [-0.15, -0.1) is 0 Å². The van der Waals surface area contributed by atoms with Gasteiger partial charge in [0.15, 0.2) is 6.10 Å². The van der Waals surface area contributed by atoms with Crippen LogP contribution in [0.2, 0.25) is 5.15 Å². The van der Waals surface area contributed by atoms with E-state index in [-0.39, 0.29) is 22.5 Å². The number of hydrogen-bond acceptors (Lipinski definition) is 4. The van der Waals surface area contributed by atoms with Crippen molar-refractivity contribution in [2.45, 2.75) is 25.9 Å². The molecule has 0 fully saturated rings. The predicted octanol–water partition coefficient (Wildman–Crippen LogP) is 3.20. The Labute approximate surface area is 146 Å². The standard InChI is InChI=1S/C18H19ClN2O3/c1-12(14-7-4-3-5-8-14)11-21-17(22)13(2)24-18(23)15-9-6-10-20-16(15)19/h3-10,12-13H,11H2,1-2H3,(H,21,22)/t12-,13+/m1/s1. The minimum atomic E-state index is -0.920. The van der Waals surface area contributed by atoms with Crippen molar-refractivity contribution < 1.29 is 14.3 Å². The number of amides is 1. The van der Waals surface area contributed by atoms with Crippen LogP contribution in [-0.4, -0.2) is 29.5 Å². The largest absolute Gasteiger partial charge is 0.449 e. The molecule has 0 saturated carbocycles. The summed E-state index contributed by atoms with van der Waals surface area (Å²) < 4.78 is 5.14. The van der Waals surface area contributed by atoms with Gasteiger partial charge in [0.25, 0.3) is 5.91 Å². The minimum absolute atomic E-state index is 0.0489. The average molecular weight is 347 g/mol. The molecule has 24 heavy (non-hydrogen) atoms. The van der Waals surface area contributed by atoms with Crippen LogP contribution in [0, 0.1) is 0 Å². The van der Waals surface area contributed by atoms with Crippen molar-refractivity contribution in [3.63, 3.8) is 0 Å². The molecule has 6 heteroatoms. The molecule has 1 N–H and O–H groups in total. The molecule has 0 aliphatic carbocycles. The fourth-order valence-electron chi connectivity index (χ4n) is 2.11. The van der Waals surface area contributed by atoms with Crippen LogP contribution in [0.1, 0.15) is 35.7 Å². The Morgan fingerprint density at radius 1 is 1.17 bits per heavy atom. The summed E-state index contributed by atoms with van der Waals surface area (Å²) in [5.41, 5.74) is 1.26. The molecular formula is C18H19ClN2O3. The predicted molar refractivity (Wildman–Crippen MR) is 92.0 cm³/mol. The average Bonchev–Trinajstić information content (AvgIpc) is 2.60. The van der Waals surface area contributed by atoms with E-state index < -0.39 is 12.1 Å². The minimum Gasteiger partial charge on any atom is -0.449 e. The van der Waals surface area contributed by atoms with Gasteiger partial charge in [0.1, 0.15) is 5.15 Å². The molecule has 5 nitrogen and oxygen atoms in total. The normalized spacial score (nSPS) is 13.0. The zero-order valence-electron chi connectivity index (χ0n) is 13.5. The van der Waals surface area contributed by atoms with Gasteiger partial charge in [-0.3, -0.25) is 4.79 Å². The number of nitrogens with zero attached hydrogens (tertiary/aromatic N) is 1. The summed E-state index contributed by atoms with van der Waals surface area (Å²) in [6, 6.07) is 12.9. The van der Waals surface area contributed by atoms with Crippen molar-refractivity contribution in [1.29, 1.82) is 0 Å². The lowest BCUT2D eigenvalue weighted by Crippen LogP contribution is -2.37. The number of carbonyl (C=O) groups excluding carboxylic acids is 2. The van der Waals surface area contributed by atoms with Crippen LogP contribution in [-0.2, 0) is 9.53 Å². The zero-order valence-corrected chi connectivity index (χ0v) is 14.3. The first kappa shape index (κ1) is 17.9. The molecule has 1 aromatic heterocycles. The number of esters is 1. The summed E-state index contributed by atoms with van der Waals surface area (Å²) in [7, 11) is 0. The molecule has 1 amide bonds. The number of carbonyl (C=O) groups is 2. The van der Waals surface area contributed by atoms with Gasteiger partial charge in [-0.25, -0.2) is 9.78 Å². The third-order valence-corrected chi connectivity index (χ3v) is 3.88. The molecule has 0 unspecified atom stereocenters. The maximum Gasteiger partial charge on any atom is 0.342 e. The van der Waals surface area contributed by atoms with Crippen molar-refractivity contribution in [2.75, 3.05) is 6.54 Å². The summed E-state index contributed by atoms with van der Waals surface area (Å²) in [5, 5.41) is 2.84. The van der Waals surface area contributed by atoms with E-state index >= 15 is 0 Å².